The molecule has 2 rings (SSSR count). The maximum absolute atomic E-state index is 12.4. The first-order valence-corrected chi connectivity index (χ1v) is 8.31. The van der Waals surface area contributed by atoms with Gasteiger partial charge in [0.05, 0.1) is 32.8 Å². The zero-order valence-corrected chi connectivity index (χ0v) is 15.4. The van der Waals surface area contributed by atoms with E-state index in [1.54, 1.807) is 49.5 Å². The van der Waals surface area contributed by atoms with Crippen molar-refractivity contribution in [2.75, 3.05) is 25.7 Å². The normalized spacial score (nSPS) is 13.2. The zero-order chi connectivity index (χ0) is 19.8. The van der Waals surface area contributed by atoms with Crippen LogP contribution in [0.1, 0.15) is 12.5 Å². The van der Waals surface area contributed by atoms with Gasteiger partial charge >= 0.3 is 17.9 Å². The van der Waals surface area contributed by atoms with Crippen LogP contribution in [-0.2, 0) is 35.0 Å². The van der Waals surface area contributed by atoms with Crippen LogP contribution in [0, 0.1) is 0 Å². The summed E-state index contributed by atoms with van der Waals surface area (Å²) in [5.74, 6) is -1.64. The lowest BCUT2D eigenvalue weighted by atomic mass is 10.1. The van der Waals surface area contributed by atoms with Gasteiger partial charge in [-0.25, -0.2) is 9.59 Å². The molecular formula is C20H21NO6. The molecule has 1 aromatic rings. The number of nitrogens with zero attached hydrogens (tertiary/aromatic N) is 1. The summed E-state index contributed by atoms with van der Waals surface area (Å²) >= 11 is 0. The van der Waals surface area contributed by atoms with Gasteiger partial charge in [-0.3, -0.25) is 4.79 Å². The Hall–Kier alpha value is -3.35. The molecule has 7 nitrogen and oxygen atoms in total. The van der Waals surface area contributed by atoms with Crippen molar-refractivity contribution >= 4 is 23.6 Å². The van der Waals surface area contributed by atoms with Crippen molar-refractivity contribution in [3.05, 3.63) is 65.5 Å². The molecule has 0 unspecified atom stereocenters. The Morgan fingerprint density at radius 2 is 1.63 bits per heavy atom. The molecule has 0 aliphatic carbocycles. The first-order chi connectivity index (χ1) is 13.0. The maximum atomic E-state index is 12.4. The van der Waals surface area contributed by atoms with Crippen LogP contribution in [0.3, 0.4) is 0 Å². The van der Waals surface area contributed by atoms with Gasteiger partial charge in [0.15, 0.2) is 0 Å². The summed E-state index contributed by atoms with van der Waals surface area (Å²) in [5.41, 5.74) is 1.49. The van der Waals surface area contributed by atoms with Crippen molar-refractivity contribution in [1.82, 2.24) is 0 Å². The highest BCUT2D eigenvalue weighted by atomic mass is 16.5. The fraction of sp³-hybridized carbons (Fsp3) is 0.250. The summed E-state index contributed by atoms with van der Waals surface area (Å²) in [6.07, 6.45) is 6.59. The number of esters is 3. The molecule has 7 heteroatoms. The molecule has 1 aliphatic rings. The highest BCUT2D eigenvalue weighted by Crippen LogP contribution is 2.26. The van der Waals surface area contributed by atoms with Crippen molar-refractivity contribution in [3.63, 3.8) is 0 Å². The van der Waals surface area contributed by atoms with Crippen LogP contribution in [0.5, 0.6) is 0 Å². The molecule has 0 N–H and O–H groups in total. The second kappa shape index (κ2) is 9.38. The summed E-state index contributed by atoms with van der Waals surface area (Å²) in [7, 11) is 2.48. The lowest BCUT2D eigenvalue weighted by Gasteiger charge is -2.23. The highest BCUT2D eigenvalue weighted by molar-refractivity contribution is 6.05. The van der Waals surface area contributed by atoms with Gasteiger partial charge in [-0.2, -0.15) is 0 Å². The Morgan fingerprint density at radius 3 is 2.22 bits per heavy atom. The molecule has 0 aromatic heterocycles. The third-order valence-corrected chi connectivity index (χ3v) is 3.76. The molecule has 1 heterocycles. The van der Waals surface area contributed by atoms with Crippen molar-refractivity contribution < 1.29 is 28.6 Å². The Kier molecular flexibility index (Phi) is 6.93. The number of carbonyl (C=O) groups is 3. The van der Waals surface area contributed by atoms with E-state index in [-0.39, 0.29) is 23.7 Å². The van der Waals surface area contributed by atoms with E-state index in [2.05, 4.69) is 0 Å². The first kappa shape index (κ1) is 20.0. The minimum atomic E-state index is -0.679. The van der Waals surface area contributed by atoms with Gasteiger partial charge in [0.25, 0.3) is 0 Å². The van der Waals surface area contributed by atoms with Crippen molar-refractivity contribution in [2.24, 2.45) is 0 Å². The lowest BCUT2D eigenvalue weighted by molar-refractivity contribution is -0.142. The molecule has 0 radical (unpaired) electrons. The molecule has 0 bridgehead atoms. The van der Waals surface area contributed by atoms with Crippen LogP contribution in [0.2, 0.25) is 0 Å². The molecular weight excluding hydrogens is 350 g/mol. The van der Waals surface area contributed by atoms with Crippen molar-refractivity contribution in [2.45, 2.75) is 13.3 Å². The van der Waals surface area contributed by atoms with Crippen LogP contribution < -0.4 is 4.90 Å². The minimum Gasteiger partial charge on any atom is -0.466 e. The largest absolute Gasteiger partial charge is 0.466 e. The second-order valence-electron chi connectivity index (χ2n) is 5.46. The predicted octanol–water partition coefficient (Wildman–Crippen LogP) is 2.28. The first-order valence-electron chi connectivity index (χ1n) is 8.31. The quantitative estimate of drug-likeness (QED) is 0.560. The van der Waals surface area contributed by atoms with Crippen LogP contribution >= 0.6 is 0 Å². The van der Waals surface area contributed by atoms with Gasteiger partial charge in [-0.05, 0) is 36.8 Å². The molecule has 0 saturated heterocycles. The Bertz CT molecular complexity index is 804. The van der Waals surface area contributed by atoms with Gasteiger partial charge in [0, 0.05) is 11.9 Å². The fourth-order valence-corrected chi connectivity index (χ4v) is 2.52. The van der Waals surface area contributed by atoms with E-state index >= 15 is 0 Å². The van der Waals surface area contributed by atoms with Gasteiger partial charge in [0.2, 0.25) is 0 Å². The summed E-state index contributed by atoms with van der Waals surface area (Å²) in [6.45, 7) is 2.08. The van der Waals surface area contributed by atoms with E-state index in [4.69, 9.17) is 14.2 Å². The van der Waals surface area contributed by atoms with Crippen LogP contribution in [0.4, 0.5) is 5.69 Å². The van der Waals surface area contributed by atoms with E-state index in [0.29, 0.717) is 12.3 Å². The number of ether oxygens (including phenoxy) is 3. The SMILES string of the molecule is CCOC(=O)Cc1ccc(N2C=CC=CC(C(=O)OC)=C2C(=O)OC)cc1. The van der Waals surface area contributed by atoms with Gasteiger partial charge in [0.1, 0.15) is 5.70 Å². The van der Waals surface area contributed by atoms with E-state index in [0.717, 1.165) is 5.56 Å². The average molecular weight is 371 g/mol. The summed E-state index contributed by atoms with van der Waals surface area (Å²) in [6, 6.07) is 6.99. The number of allylic oxidation sites excluding steroid dienone is 2. The minimum absolute atomic E-state index is 0.0347. The monoisotopic (exact) mass is 371 g/mol. The van der Waals surface area contributed by atoms with Crippen molar-refractivity contribution in [3.8, 4) is 0 Å². The number of benzene rings is 1. The molecule has 0 spiro atoms. The number of carbonyl (C=O) groups excluding carboxylic acids is 3. The zero-order valence-electron chi connectivity index (χ0n) is 15.4. The molecule has 1 aromatic carbocycles. The topological polar surface area (TPSA) is 82.1 Å². The summed E-state index contributed by atoms with van der Waals surface area (Å²) in [4.78, 5) is 37.6. The Labute approximate surface area is 157 Å². The number of hydrogen-bond acceptors (Lipinski definition) is 7. The van der Waals surface area contributed by atoms with E-state index in [1.807, 2.05) is 0 Å². The van der Waals surface area contributed by atoms with Crippen LogP contribution in [-0.4, -0.2) is 38.7 Å². The number of rotatable bonds is 6. The Balaban J connectivity index is 2.40. The second-order valence-corrected chi connectivity index (χ2v) is 5.46. The molecule has 142 valence electrons. The summed E-state index contributed by atoms with van der Waals surface area (Å²) < 4.78 is 14.6. The molecule has 0 atom stereocenters. The van der Waals surface area contributed by atoms with Gasteiger partial charge in [-0.1, -0.05) is 18.2 Å². The molecule has 0 saturated carbocycles. The predicted molar refractivity (Wildman–Crippen MR) is 98.6 cm³/mol. The summed E-state index contributed by atoms with van der Waals surface area (Å²) in [5, 5.41) is 0. The highest BCUT2D eigenvalue weighted by Gasteiger charge is 2.27. The lowest BCUT2D eigenvalue weighted by Crippen LogP contribution is -2.26. The van der Waals surface area contributed by atoms with Crippen molar-refractivity contribution in [1.29, 1.82) is 0 Å². The fourth-order valence-electron chi connectivity index (χ4n) is 2.52. The van der Waals surface area contributed by atoms with Gasteiger partial charge < -0.3 is 19.1 Å². The average Bonchev–Trinajstić information content (AvgIpc) is 2.90. The van der Waals surface area contributed by atoms with E-state index in [1.165, 1.54) is 25.2 Å². The molecule has 0 fully saturated rings. The third kappa shape index (κ3) is 4.84. The Morgan fingerprint density at radius 1 is 0.963 bits per heavy atom. The number of anilines is 1. The standard InChI is InChI=1S/C20H21NO6/c1-4-27-17(22)13-14-8-10-15(11-9-14)21-12-6-5-7-16(19(23)25-2)18(21)20(24)26-3/h5-12H,4,13H2,1-3H3. The van der Waals surface area contributed by atoms with E-state index < -0.39 is 11.9 Å². The smallest absolute Gasteiger partial charge is 0.355 e. The van der Waals surface area contributed by atoms with Crippen LogP contribution in [0.25, 0.3) is 0 Å². The molecule has 27 heavy (non-hydrogen) atoms. The third-order valence-electron chi connectivity index (χ3n) is 3.76. The van der Waals surface area contributed by atoms with Crippen LogP contribution in [0.15, 0.2) is 60.0 Å². The number of methoxy groups -OCH3 is 2. The number of hydrogen-bond donors (Lipinski definition) is 0. The van der Waals surface area contributed by atoms with Gasteiger partial charge in [-0.15, -0.1) is 0 Å². The maximum Gasteiger partial charge on any atom is 0.355 e. The molecule has 0 amide bonds. The van der Waals surface area contributed by atoms with E-state index in [9.17, 15) is 14.4 Å². The molecule has 1 aliphatic heterocycles.